The monoisotopic (exact) mass is 260 g/mol. The van der Waals surface area contributed by atoms with Gasteiger partial charge in [0.25, 0.3) is 0 Å². The first-order valence-electron chi connectivity index (χ1n) is 6.81. The Hall–Kier alpha value is 0.230. The van der Waals surface area contributed by atoms with Gasteiger partial charge in [0.1, 0.15) is 0 Å². The van der Waals surface area contributed by atoms with Gasteiger partial charge in [0.2, 0.25) is 0 Å². The summed E-state index contributed by atoms with van der Waals surface area (Å²) in [7, 11) is 0. The summed E-state index contributed by atoms with van der Waals surface area (Å²) in [4.78, 5) is 2.51. The van der Waals surface area contributed by atoms with Gasteiger partial charge in [0.05, 0.1) is 6.61 Å². The average Bonchev–Trinajstić information content (AvgIpc) is 2.39. The van der Waals surface area contributed by atoms with Crippen molar-refractivity contribution in [1.82, 2.24) is 4.90 Å². The summed E-state index contributed by atoms with van der Waals surface area (Å²) in [5, 5.41) is 0. The Kier molecular flexibility index (Phi) is 7.51. The van der Waals surface area contributed by atoms with Crippen LogP contribution in [0, 0.1) is 0 Å². The Balaban J connectivity index is 2.10. The summed E-state index contributed by atoms with van der Waals surface area (Å²) in [6.07, 6.45) is 7.04. The third kappa shape index (κ3) is 5.16. The molecule has 0 bridgehead atoms. The van der Waals surface area contributed by atoms with Crippen molar-refractivity contribution in [2.45, 2.75) is 37.4 Å². The van der Waals surface area contributed by atoms with Crippen molar-refractivity contribution < 1.29 is 4.74 Å². The zero-order valence-corrected chi connectivity index (χ0v) is 12.2. The van der Waals surface area contributed by atoms with Gasteiger partial charge in [0.15, 0.2) is 0 Å². The van der Waals surface area contributed by atoms with Crippen LogP contribution in [-0.4, -0.2) is 55.3 Å². The first-order chi connectivity index (χ1) is 8.26. The lowest BCUT2D eigenvalue weighted by Gasteiger charge is -2.40. The molecule has 0 spiro atoms. The average molecular weight is 260 g/mol. The normalized spacial score (nSPS) is 20.6. The van der Waals surface area contributed by atoms with E-state index in [1.165, 1.54) is 38.8 Å². The molecule has 1 rings (SSSR count). The molecule has 0 aliphatic carbocycles. The van der Waals surface area contributed by atoms with Crippen LogP contribution in [0.3, 0.4) is 0 Å². The summed E-state index contributed by atoms with van der Waals surface area (Å²) in [6.45, 7) is 8.25. The summed E-state index contributed by atoms with van der Waals surface area (Å²) >= 11 is 1.95. The van der Waals surface area contributed by atoms with Gasteiger partial charge in [0, 0.05) is 24.4 Å². The highest BCUT2D eigenvalue weighted by Crippen LogP contribution is 2.33. The summed E-state index contributed by atoms with van der Waals surface area (Å²) in [5.74, 6) is 0. The minimum Gasteiger partial charge on any atom is -0.380 e. The second kappa shape index (κ2) is 8.35. The molecule has 17 heavy (non-hydrogen) atoms. The predicted molar refractivity (Wildman–Crippen MR) is 76.7 cm³/mol. The molecule has 1 aliphatic rings. The molecule has 0 radical (unpaired) electrons. The molecule has 102 valence electrons. The second-order valence-electron chi connectivity index (χ2n) is 4.90. The maximum atomic E-state index is 5.89. The molecule has 0 aromatic rings. The molecular formula is C13H28N2OS. The molecule has 1 fully saturated rings. The molecule has 4 heteroatoms. The van der Waals surface area contributed by atoms with Gasteiger partial charge in [-0.25, -0.2) is 0 Å². The number of hydrogen-bond donors (Lipinski definition) is 1. The summed E-state index contributed by atoms with van der Waals surface area (Å²) < 4.78 is 5.96. The van der Waals surface area contributed by atoms with Crippen LogP contribution in [0.2, 0.25) is 0 Å². The number of ether oxygens (including phenoxy) is 1. The standard InChI is InChI=1S/C13H28N2OS/c1-3-4-10-16-11-9-15-7-5-13(12-14,17-2)6-8-15/h3-12,14H2,1-2H3. The third-order valence-electron chi connectivity index (χ3n) is 3.77. The number of rotatable bonds is 8. The zero-order valence-electron chi connectivity index (χ0n) is 11.4. The lowest BCUT2D eigenvalue weighted by Crippen LogP contribution is -2.47. The van der Waals surface area contributed by atoms with E-state index in [4.69, 9.17) is 10.5 Å². The van der Waals surface area contributed by atoms with E-state index in [2.05, 4.69) is 18.1 Å². The lowest BCUT2D eigenvalue weighted by molar-refractivity contribution is 0.0905. The fourth-order valence-corrected chi connectivity index (χ4v) is 2.98. The van der Waals surface area contributed by atoms with Gasteiger partial charge in [-0.05, 0) is 38.6 Å². The Morgan fingerprint density at radius 2 is 2.00 bits per heavy atom. The third-order valence-corrected chi connectivity index (χ3v) is 5.21. The molecule has 2 N–H and O–H groups in total. The van der Waals surface area contributed by atoms with Gasteiger partial charge in [-0.3, -0.25) is 0 Å². The van der Waals surface area contributed by atoms with Gasteiger partial charge >= 0.3 is 0 Å². The number of hydrogen-bond acceptors (Lipinski definition) is 4. The molecule has 1 aliphatic heterocycles. The van der Waals surface area contributed by atoms with Crippen LogP contribution in [0.4, 0.5) is 0 Å². The van der Waals surface area contributed by atoms with Crippen LogP contribution in [0.5, 0.6) is 0 Å². The van der Waals surface area contributed by atoms with Gasteiger partial charge < -0.3 is 15.4 Å². The Labute approximate surface area is 110 Å². The van der Waals surface area contributed by atoms with E-state index in [9.17, 15) is 0 Å². The minimum atomic E-state index is 0.347. The highest BCUT2D eigenvalue weighted by molar-refractivity contribution is 8.00. The van der Waals surface area contributed by atoms with Crippen molar-refractivity contribution in [3.05, 3.63) is 0 Å². The minimum absolute atomic E-state index is 0.347. The van der Waals surface area contributed by atoms with E-state index in [0.717, 1.165) is 26.3 Å². The van der Waals surface area contributed by atoms with Crippen LogP contribution in [0.1, 0.15) is 32.6 Å². The largest absolute Gasteiger partial charge is 0.380 e. The van der Waals surface area contributed by atoms with Gasteiger partial charge in [-0.2, -0.15) is 11.8 Å². The molecular weight excluding hydrogens is 232 g/mol. The molecule has 0 aromatic heterocycles. The fourth-order valence-electron chi connectivity index (χ4n) is 2.22. The number of thioether (sulfide) groups is 1. The Morgan fingerprint density at radius 1 is 1.29 bits per heavy atom. The highest BCUT2D eigenvalue weighted by Gasteiger charge is 2.32. The van der Waals surface area contributed by atoms with E-state index in [1.807, 2.05) is 11.8 Å². The van der Waals surface area contributed by atoms with Gasteiger partial charge in [-0.15, -0.1) is 0 Å². The SMILES string of the molecule is CCCCOCCN1CCC(CN)(SC)CC1. The lowest BCUT2D eigenvalue weighted by atomic mass is 9.96. The van der Waals surface area contributed by atoms with Crippen molar-refractivity contribution >= 4 is 11.8 Å². The molecule has 1 saturated heterocycles. The van der Waals surface area contributed by atoms with Crippen molar-refractivity contribution in [3.63, 3.8) is 0 Å². The van der Waals surface area contributed by atoms with E-state index in [1.54, 1.807) is 0 Å². The maximum Gasteiger partial charge on any atom is 0.0593 e. The van der Waals surface area contributed by atoms with E-state index in [0.29, 0.717) is 4.75 Å². The fraction of sp³-hybridized carbons (Fsp3) is 1.00. The van der Waals surface area contributed by atoms with E-state index >= 15 is 0 Å². The van der Waals surface area contributed by atoms with Crippen molar-refractivity contribution in [3.8, 4) is 0 Å². The van der Waals surface area contributed by atoms with E-state index < -0.39 is 0 Å². The van der Waals surface area contributed by atoms with Crippen molar-refractivity contribution in [2.75, 3.05) is 45.6 Å². The zero-order chi connectivity index (χ0) is 12.6. The molecule has 3 nitrogen and oxygen atoms in total. The number of piperidine rings is 1. The van der Waals surface area contributed by atoms with Crippen LogP contribution in [0.25, 0.3) is 0 Å². The molecule has 0 unspecified atom stereocenters. The first-order valence-corrected chi connectivity index (χ1v) is 8.04. The molecule has 0 atom stereocenters. The molecule has 1 heterocycles. The summed E-state index contributed by atoms with van der Waals surface area (Å²) in [5.41, 5.74) is 5.89. The number of unbranched alkanes of at least 4 members (excludes halogenated alkanes) is 1. The number of nitrogens with zero attached hydrogens (tertiary/aromatic N) is 1. The summed E-state index contributed by atoms with van der Waals surface area (Å²) in [6, 6.07) is 0. The van der Waals surface area contributed by atoms with Gasteiger partial charge in [-0.1, -0.05) is 13.3 Å². The van der Waals surface area contributed by atoms with Crippen molar-refractivity contribution in [2.24, 2.45) is 5.73 Å². The maximum absolute atomic E-state index is 5.89. The molecule has 0 amide bonds. The van der Waals surface area contributed by atoms with Crippen LogP contribution >= 0.6 is 11.8 Å². The second-order valence-corrected chi connectivity index (χ2v) is 6.17. The van der Waals surface area contributed by atoms with Crippen LogP contribution in [0.15, 0.2) is 0 Å². The predicted octanol–water partition coefficient (Wildman–Crippen LogP) is 1.96. The first kappa shape index (κ1) is 15.3. The Bertz CT molecular complexity index is 188. The Morgan fingerprint density at radius 3 is 2.53 bits per heavy atom. The molecule has 0 saturated carbocycles. The van der Waals surface area contributed by atoms with Crippen LogP contribution < -0.4 is 5.73 Å². The van der Waals surface area contributed by atoms with Crippen LogP contribution in [-0.2, 0) is 4.74 Å². The highest BCUT2D eigenvalue weighted by atomic mass is 32.2. The molecule has 0 aromatic carbocycles. The van der Waals surface area contributed by atoms with Crippen molar-refractivity contribution in [1.29, 1.82) is 0 Å². The topological polar surface area (TPSA) is 38.5 Å². The quantitative estimate of drug-likeness (QED) is 0.677. The smallest absolute Gasteiger partial charge is 0.0593 e. The number of likely N-dealkylation sites (tertiary alicyclic amines) is 1. The number of nitrogens with two attached hydrogens (primary N) is 1. The van der Waals surface area contributed by atoms with E-state index in [-0.39, 0.29) is 0 Å².